The number of thiophene rings is 1. The molecule has 7 heteroatoms. The van der Waals surface area contributed by atoms with Gasteiger partial charge >= 0.3 is 0 Å². The molecule has 0 radical (unpaired) electrons. The van der Waals surface area contributed by atoms with Gasteiger partial charge in [-0.2, -0.15) is 5.10 Å². The summed E-state index contributed by atoms with van der Waals surface area (Å²) in [4.78, 5) is 16.9. The Bertz CT molecular complexity index is 1270. The molecule has 1 saturated heterocycles. The second kappa shape index (κ2) is 8.60. The van der Waals surface area contributed by atoms with Crippen LogP contribution in [0.3, 0.4) is 0 Å². The van der Waals surface area contributed by atoms with Gasteiger partial charge in [-0.1, -0.05) is 36.7 Å². The highest BCUT2D eigenvalue weighted by molar-refractivity contribution is 7.20. The molecule has 0 spiro atoms. The topological polar surface area (TPSA) is 50.2 Å². The molecule has 0 aliphatic carbocycles. The lowest BCUT2D eigenvalue weighted by atomic mass is 9.99. The van der Waals surface area contributed by atoms with Crippen LogP contribution in [0.5, 0.6) is 0 Å². The smallest absolute Gasteiger partial charge is 0.265 e. The lowest BCUT2D eigenvalue weighted by Gasteiger charge is -2.32. The van der Waals surface area contributed by atoms with Crippen LogP contribution in [0.4, 0.5) is 11.4 Å². The Morgan fingerprint density at radius 2 is 1.88 bits per heavy atom. The number of aryl methyl sites for hydroxylation is 1. The number of para-hydroxylation sites is 1. The first kappa shape index (κ1) is 21.0. The number of piperidine rings is 1. The first-order valence-electron chi connectivity index (χ1n) is 10.9. The van der Waals surface area contributed by atoms with Crippen molar-refractivity contribution in [3.63, 3.8) is 0 Å². The van der Waals surface area contributed by atoms with Gasteiger partial charge in [0.05, 0.1) is 27.0 Å². The standard InChI is InChI=1S/C25H25ClN4OS/c1-16-10-12-29(13-11-16)22-9-8-18(14-21(22)26)27-24(31)23-15-20-17(2)28-30(25(20)32-23)19-6-4-3-5-7-19/h3-9,14-16H,10-13H2,1-2H3,(H,27,31). The first-order valence-corrected chi connectivity index (χ1v) is 12.1. The van der Waals surface area contributed by atoms with E-state index in [0.717, 1.165) is 46.3 Å². The second-order valence-electron chi connectivity index (χ2n) is 8.45. The molecular formula is C25H25ClN4OS. The number of amides is 1. The van der Waals surface area contributed by atoms with E-state index in [4.69, 9.17) is 11.6 Å². The van der Waals surface area contributed by atoms with Crippen molar-refractivity contribution < 1.29 is 4.79 Å². The summed E-state index contributed by atoms with van der Waals surface area (Å²) < 4.78 is 1.90. The fourth-order valence-electron chi connectivity index (χ4n) is 4.19. The minimum absolute atomic E-state index is 0.138. The Labute approximate surface area is 196 Å². The van der Waals surface area contributed by atoms with E-state index >= 15 is 0 Å². The van der Waals surface area contributed by atoms with E-state index in [2.05, 4.69) is 22.2 Å². The van der Waals surface area contributed by atoms with Gasteiger partial charge in [0.1, 0.15) is 4.83 Å². The summed E-state index contributed by atoms with van der Waals surface area (Å²) in [5.74, 6) is 0.628. The van der Waals surface area contributed by atoms with E-state index in [-0.39, 0.29) is 5.91 Å². The molecule has 164 valence electrons. The van der Waals surface area contributed by atoms with E-state index < -0.39 is 0 Å². The van der Waals surface area contributed by atoms with E-state index in [9.17, 15) is 4.79 Å². The van der Waals surface area contributed by atoms with Crippen LogP contribution in [0.1, 0.15) is 35.1 Å². The van der Waals surface area contributed by atoms with Crippen molar-refractivity contribution in [2.24, 2.45) is 5.92 Å². The number of benzene rings is 2. The van der Waals surface area contributed by atoms with Crippen LogP contribution >= 0.6 is 22.9 Å². The third-order valence-electron chi connectivity index (χ3n) is 6.10. The van der Waals surface area contributed by atoms with Crippen LogP contribution in [0.15, 0.2) is 54.6 Å². The zero-order chi connectivity index (χ0) is 22.2. The first-order chi connectivity index (χ1) is 15.5. The number of aromatic nitrogens is 2. The molecule has 1 amide bonds. The molecular weight excluding hydrogens is 440 g/mol. The number of hydrogen-bond donors (Lipinski definition) is 1. The number of nitrogens with one attached hydrogen (secondary N) is 1. The van der Waals surface area contributed by atoms with Gasteiger partial charge in [-0.25, -0.2) is 4.68 Å². The highest BCUT2D eigenvalue weighted by Gasteiger charge is 2.20. The largest absolute Gasteiger partial charge is 0.370 e. The predicted octanol–water partition coefficient (Wildman–Crippen LogP) is 6.54. The number of nitrogens with zero attached hydrogens (tertiary/aromatic N) is 3. The van der Waals surface area contributed by atoms with Gasteiger partial charge in [0.15, 0.2) is 0 Å². The number of anilines is 2. The van der Waals surface area contributed by atoms with Gasteiger partial charge in [-0.3, -0.25) is 4.79 Å². The number of halogens is 1. The molecule has 4 aromatic rings. The summed E-state index contributed by atoms with van der Waals surface area (Å²) >= 11 is 8.03. The van der Waals surface area contributed by atoms with Crippen LogP contribution < -0.4 is 10.2 Å². The molecule has 2 aromatic carbocycles. The Morgan fingerprint density at radius 1 is 1.12 bits per heavy atom. The Morgan fingerprint density at radius 3 is 2.59 bits per heavy atom. The van der Waals surface area contributed by atoms with Gasteiger partial charge in [-0.15, -0.1) is 11.3 Å². The lowest BCUT2D eigenvalue weighted by Crippen LogP contribution is -2.32. The summed E-state index contributed by atoms with van der Waals surface area (Å²) in [6.07, 6.45) is 2.36. The summed E-state index contributed by atoms with van der Waals surface area (Å²) in [5, 5.41) is 9.32. The monoisotopic (exact) mass is 464 g/mol. The van der Waals surface area contributed by atoms with Crippen LogP contribution in [0.2, 0.25) is 5.02 Å². The molecule has 2 aromatic heterocycles. The molecule has 1 aliphatic heterocycles. The van der Waals surface area contributed by atoms with Crippen molar-refractivity contribution in [1.82, 2.24) is 9.78 Å². The zero-order valence-electron chi connectivity index (χ0n) is 18.1. The molecule has 3 heterocycles. The van der Waals surface area contributed by atoms with E-state index in [1.807, 2.05) is 66.2 Å². The average molecular weight is 465 g/mol. The summed E-state index contributed by atoms with van der Waals surface area (Å²) in [6.45, 7) is 6.30. The van der Waals surface area contributed by atoms with E-state index in [1.54, 1.807) is 0 Å². The Hall–Kier alpha value is -2.83. The van der Waals surface area contributed by atoms with Gasteiger partial charge in [0.2, 0.25) is 0 Å². The van der Waals surface area contributed by atoms with Crippen molar-refractivity contribution in [1.29, 1.82) is 0 Å². The Kier molecular flexibility index (Phi) is 5.66. The molecule has 0 bridgehead atoms. The third kappa shape index (κ3) is 4.00. The number of fused-ring (bicyclic) bond motifs is 1. The molecule has 32 heavy (non-hydrogen) atoms. The Balaban J connectivity index is 1.36. The molecule has 0 atom stereocenters. The highest BCUT2D eigenvalue weighted by Crippen LogP contribution is 2.33. The third-order valence-corrected chi connectivity index (χ3v) is 7.51. The average Bonchev–Trinajstić information content (AvgIpc) is 3.36. The van der Waals surface area contributed by atoms with Crippen LogP contribution in [0, 0.1) is 12.8 Å². The van der Waals surface area contributed by atoms with Crippen molar-refractivity contribution in [3.8, 4) is 5.69 Å². The number of rotatable bonds is 4. The van der Waals surface area contributed by atoms with Gasteiger partial charge in [0.25, 0.3) is 5.91 Å². The van der Waals surface area contributed by atoms with Crippen LogP contribution in [0.25, 0.3) is 15.9 Å². The van der Waals surface area contributed by atoms with Crippen molar-refractivity contribution in [2.75, 3.05) is 23.3 Å². The summed E-state index contributed by atoms with van der Waals surface area (Å²) in [6, 6.07) is 17.7. The van der Waals surface area contributed by atoms with Crippen LogP contribution in [-0.2, 0) is 0 Å². The fraction of sp³-hybridized carbons (Fsp3) is 0.280. The van der Waals surface area contributed by atoms with Gasteiger partial charge in [-0.05, 0) is 62.1 Å². The highest BCUT2D eigenvalue weighted by atomic mass is 35.5. The molecule has 0 unspecified atom stereocenters. The number of carbonyl (C=O) groups is 1. The van der Waals surface area contributed by atoms with Crippen LogP contribution in [-0.4, -0.2) is 28.8 Å². The molecule has 5 rings (SSSR count). The van der Waals surface area contributed by atoms with Crippen molar-refractivity contribution >= 4 is 50.4 Å². The van der Waals surface area contributed by atoms with Gasteiger partial charge < -0.3 is 10.2 Å². The quantitative estimate of drug-likeness (QED) is 0.373. The SMILES string of the molecule is Cc1nn(-c2ccccc2)c2sc(C(=O)Nc3ccc(N4CCC(C)CC4)c(Cl)c3)cc12. The van der Waals surface area contributed by atoms with E-state index in [1.165, 1.54) is 24.2 Å². The minimum Gasteiger partial charge on any atom is -0.370 e. The van der Waals surface area contributed by atoms with Crippen molar-refractivity contribution in [3.05, 3.63) is 70.2 Å². The van der Waals surface area contributed by atoms with E-state index in [0.29, 0.717) is 15.6 Å². The number of hydrogen-bond acceptors (Lipinski definition) is 4. The maximum atomic E-state index is 13.0. The molecule has 1 N–H and O–H groups in total. The summed E-state index contributed by atoms with van der Waals surface area (Å²) in [5.41, 5.74) is 3.63. The normalized spacial score (nSPS) is 14.8. The zero-order valence-corrected chi connectivity index (χ0v) is 19.7. The summed E-state index contributed by atoms with van der Waals surface area (Å²) in [7, 11) is 0. The minimum atomic E-state index is -0.138. The second-order valence-corrected chi connectivity index (χ2v) is 9.89. The molecule has 0 saturated carbocycles. The molecule has 1 aliphatic rings. The lowest BCUT2D eigenvalue weighted by molar-refractivity contribution is 0.103. The predicted molar refractivity (Wildman–Crippen MR) is 134 cm³/mol. The maximum absolute atomic E-state index is 13.0. The van der Waals surface area contributed by atoms with Crippen molar-refractivity contribution in [2.45, 2.75) is 26.7 Å². The van der Waals surface area contributed by atoms with Gasteiger partial charge in [0, 0.05) is 24.2 Å². The molecule has 5 nitrogen and oxygen atoms in total. The fourth-order valence-corrected chi connectivity index (χ4v) is 5.56. The maximum Gasteiger partial charge on any atom is 0.265 e. The molecule has 1 fully saturated rings. The number of carbonyl (C=O) groups excluding carboxylic acids is 1.